The number of aliphatic hydroxyl groups is 1. The van der Waals surface area contributed by atoms with E-state index >= 15 is 0 Å². The minimum absolute atomic E-state index is 0. The Morgan fingerprint density at radius 2 is 2.05 bits per heavy atom. The first-order chi connectivity index (χ1) is 9.89. The quantitative estimate of drug-likeness (QED) is 0.281. The Kier molecular flexibility index (Phi) is 4.09. The van der Waals surface area contributed by atoms with Crippen LogP contribution in [0.3, 0.4) is 0 Å². The fourth-order valence-electron chi connectivity index (χ4n) is 3.62. The second-order valence-electron chi connectivity index (χ2n) is 6.36. The van der Waals surface area contributed by atoms with Crippen LogP contribution in [0.15, 0.2) is 23.8 Å². The van der Waals surface area contributed by atoms with Gasteiger partial charge in [0.05, 0.1) is 29.3 Å². The number of hydrogen-bond donors (Lipinski definition) is 1. The summed E-state index contributed by atoms with van der Waals surface area (Å²) >= 11 is 0. The van der Waals surface area contributed by atoms with Crippen LogP contribution >= 0.6 is 0 Å². The van der Waals surface area contributed by atoms with Crippen molar-refractivity contribution in [3.05, 3.63) is 23.8 Å². The van der Waals surface area contributed by atoms with Crippen molar-refractivity contribution in [2.24, 2.45) is 5.92 Å². The molecular weight excluding hydrogens is 503 g/mol. The first-order valence-electron chi connectivity index (χ1n) is 7.07. The summed E-state index contributed by atoms with van der Waals surface area (Å²) in [6, 6.07) is 0. The van der Waals surface area contributed by atoms with Gasteiger partial charge in [0.15, 0.2) is 0 Å². The molecule has 6 nitrogen and oxygen atoms in total. The van der Waals surface area contributed by atoms with Gasteiger partial charge in [-0.15, -0.1) is 0 Å². The SMILES string of the molecule is C=C1C(=O)OC2C[C@]3(C)OC3CC(O)C3=CC(OC3=O)C12.[Ac]. The molecule has 1 aliphatic carbocycles. The van der Waals surface area contributed by atoms with Gasteiger partial charge in [0.25, 0.3) is 0 Å². The molecule has 2 fully saturated rings. The van der Waals surface area contributed by atoms with E-state index in [0.29, 0.717) is 18.4 Å². The van der Waals surface area contributed by atoms with Gasteiger partial charge >= 0.3 is 11.9 Å². The average molecular weight is 519 g/mol. The zero-order valence-corrected chi connectivity index (χ0v) is 16.9. The first-order valence-corrected chi connectivity index (χ1v) is 7.07. The second kappa shape index (κ2) is 5.41. The number of esters is 2. The van der Waals surface area contributed by atoms with E-state index in [1.807, 2.05) is 6.92 Å². The Labute approximate surface area is 163 Å². The topological polar surface area (TPSA) is 85.4 Å². The van der Waals surface area contributed by atoms with Gasteiger partial charge < -0.3 is 19.3 Å². The Morgan fingerprint density at radius 1 is 1.32 bits per heavy atom. The molecule has 2 bridgehead atoms. The summed E-state index contributed by atoms with van der Waals surface area (Å²) in [4.78, 5) is 23.7. The summed E-state index contributed by atoms with van der Waals surface area (Å²) < 4.78 is 16.4. The van der Waals surface area contributed by atoms with Crippen molar-refractivity contribution in [2.75, 3.05) is 0 Å². The molecule has 3 aliphatic heterocycles. The van der Waals surface area contributed by atoms with Gasteiger partial charge in [-0.05, 0) is 13.0 Å². The van der Waals surface area contributed by atoms with E-state index in [-0.39, 0.29) is 55.7 Å². The van der Waals surface area contributed by atoms with Crippen molar-refractivity contribution in [3.8, 4) is 0 Å². The number of carbonyl (C=O) groups is 2. The van der Waals surface area contributed by atoms with Gasteiger partial charge in [-0.1, -0.05) is 6.58 Å². The van der Waals surface area contributed by atoms with Crippen LogP contribution in [-0.4, -0.2) is 47.1 Å². The van der Waals surface area contributed by atoms with Crippen LogP contribution in [0.1, 0.15) is 19.8 Å². The van der Waals surface area contributed by atoms with Crippen molar-refractivity contribution in [3.63, 3.8) is 0 Å². The standard InChI is InChI=1S/C15H16O6.Ac/c1-6-12-9-3-7(14(18)19-9)8(16)4-11-15(2,21-11)5-10(12)20-13(6)17;/h3,8-12,16H,1,4-5H2,2H3;/t8?,9?,10?,11?,12?,15-;/m0./s1. The molecule has 1 radical (unpaired) electrons. The Hall–Kier alpha value is -0.218. The van der Waals surface area contributed by atoms with Crippen LogP contribution in [0.25, 0.3) is 0 Å². The zero-order chi connectivity index (χ0) is 14.9. The van der Waals surface area contributed by atoms with E-state index in [9.17, 15) is 14.7 Å². The van der Waals surface area contributed by atoms with Crippen molar-refractivity contribution in [2.45, 2.75) is 49.8 Å². The van der Waals surface area contributed by atoms with E-state index in [1.165, 1.54) is 0 Å². The molecule has 0 aromatic rings. The summed E-state index contributed by atoms with van der Waals surface area (Å²) in [6.07, 6.45) is 0.383. The fraction of sp³-hybridized carbons (Fsp3) is 0.600. The molecule has 6 atom stereocenters. The molecule has 4 aliphatic rings. The monoisotopic (exact) mass is 519 g/mol. The smallest absolute Gasteiger partial charge is 0.337 e. The summed E-state index contributed by atoms with van der Waals surface area (Å²) in [5.74, 6) is -1.41. The molecule has 7 heteroatoms. The molecule has 0 amide bonds. The summed E-state index contributed by atoms with van der Waals surface area (Å²) in [5, 5.41) is 10.2. The molecular formula is C15H16AcO6. The van der Waals surface area contributed by atoms with E-state index in [2.05, 4.69) is 6.58 Å². The van der Waals surface area contributed by atoms with Gasteiger partial charge in [0.2, 0.25) is 0 Å². The van der Waals surface area contributed by atoms with E-state index < -0.39 is 41.8 Å². The van der Waals surface area contributed by atoms with Gasteiger partial charge in [0.1, 0.15) is 12.2 Å². The normalized spacial score (nSPS) is 45.8. The molecule has 0 aromatic heterocycles. The molecule has 22 heavy (non-hydrogen) atoms. The Morgan fingerprint density at radius 3 is 2.77 bits per heavy atom. The maximum Gasteiger partial charge on any atom is 0.337 e. The molecule has 0 saturated carbocycles. The van der Waals surface area contributed by atoms with Crippen LogP contribution in [0, 0.1) is 50.0 Å². The number of hydrogen-bond acceptors (Lipinski definition) is 6. The van der Waals surface area contributed by atoms with Crippen LogP contribution < -0.4 is 0 Å². The van der Waals surface area contributed by atoms with Gasteiger partial charge in [-0.2, -0.15) is 0 Å². The van der Waals surface area contributed by atoms with Crippen molar-refractivity contribution in [1.29, 1.82) is 0 Å². The van der Waals surface area contributed by atoms with Gasteiger partial charge in [0, 0.05) is 62.5 Å². The van der Waals surface area contributed by atoms with Gasteiger partial charge in [-0.25, -0.2) is 9.59 Å². The van der Waals surface area contributed by atoms with Crippen molar-refractivity contribution < 1.29 is 73.0 Å². The van der Waals surface area contributed by atoms with Crippen LogP contribution in [0.5, 0.6) is 0 Å². The number of rotatable bonds is 0. The number of fused-ring (bicyclic) bond motifs is 4. The maximum atomic E-state index is 11.9. The predicted molar refractivity (Wildman–Crippen MR) is 69.0 cm³/mol. The van der Waals surface area contributed by atoms with E-state index in [0.717, 1.165) is 0 Å². The number of aliphatic hydroxyl groups excluding tert-OH is 1. The number of carbonyl (C=O) groups excluding carboxylic acids is 2. The van der Waals surface area contributed by atoms with Crippen LogP contribution in [0.2, 0.25) is 0 Å². The Balaban J connectivity index is 0.00000144. The minimum Gasteiger partial charge on any atom is -0.458 e. The number of ether oxygens (including phenoxy) is 3. The second-order valence-corrected chi connectivity index (χ2v) is 6.36. The first kappa shape index (κ1) is 16.6. The molecule has 5 unspecified atom stereocenters. The summed E-state index contributed by atoms with van der Waals surface area (Å²) in [7, 11) is 0. The molecule has 3 heterocycles. The third kappa shape index (κ3) is 2.41. The predicted octanol–water partition coefficient (Wildman–Crippen LogP) is 0.248. The molecule has 0 spiro atoms. The van der Waals surface area contributed by atoms with E-state index in [1.54, 1.807) is 6.08 Å². The minimum atomic E-state index is -0.905. The zero-order valence-electron chi connectivity index (χ0n) is 12.2. The number of epoxide rings is 1. The van der Waals surface area contributed by atoms with Crippen LogP contribution in [0.4, 0.5) is 0 Å². The van der Waals surface area contributed by atoms with Crippen molar-refractivity contribution in [1.82, 2.24) is 0 Å². The third-order valence-electron chi connectivity index (χ3n) is 4.94. The summed E-state index contributed by atoms with van der Waals surface area (Å²) in [5.41, 5.74) is 0.117. The third-order valence-corrected chi connectivity index (χ3v) is 4.94. The average Bonchev–Trinajstić information content (AvgIpc) is 2.73. The summed E-state index contributed by atoms with van der Waals surface area (Å²) in [6.45, 7) is 5.70. The fourth-order valence-corrected chi connectivity index (χ4v) is 3.62. The van der Waals surface area contributed by atoms with Gasteiger partial charge in [-0.3, -0.25) is 0 Å². The Bertz CT molecular complexity index is 599. The molecule has 2 saturated heterocycles. The van der Waals surface area contributed by atoms with E-state index in [4.69, 9.17) is 14.2 Å². The molecule has 0 aromatic carbocycles. The van der Waals surface area contributed by atoms with Crippen molar-refractivity contribution >= 4 is 11.9 Å². The largest absolute Gasteiger partial charge is 0.458 e. The molecule has 115 valence electrons. The molecule has 1 N–H and O–H groups in total. The maximum absolute atomic E-state index is 11.9. The molecule has 4 rings (SSSR count). The van der Waals surface area contributed by atoms with Crippen LogP contribution in [-0.2, 0) is 23.8 Å².